The number of benzene rings is 3. The Hall–Kier alpha value is -2.64. The third kappa shape index (κ3) is 4.86. The van der Waals surface area contributed by atoms with E-state index in [1.807, 2.05) is 26.0 Å². The second kappa shape index (κ2) is 8.80. The van der Waals surface area contributed by atoms with Crippen LogP contribution < -0.4 is 9.62 Å². The van der Waals surface area contributed by atoms with E-state index >= 15 is 0 Å². The Morgan fingerprint density at radius 3 is 2.24 bits per heavy atom. The number of rotatable bonds is 6. The van der Waals surface area contributed by atoms with Gasteiger partial charge in [0, 0.05) is 10.2 Å². The average Bonchev–Trinajstić information content (AvgIpc) is 2.71. The first-order valence-corrected chi connectivity index (χ1v) is 11.2. The number of carbonyl (C=O) groups excluding carboxylic acids is 1. The fraction of sp³-hybridized carbons (Fsp3) is 0.136. The summed E-state index contributed by atoms with van der Waals surface area (Å²) in [7, 11) is -3.92. The molecule has 0 aromatic heterocycles. The van der Waals surface area contributed by atoms with Gasteiger partial charge in [-0.2, -0.15) is 0 Å². The third-order valence-electron chi connectivity index (χ3n) is 4.61. The SMILES string of the molecule is Cc1cccc(NC(=O)CN(c2ccc(Br)cc2)S(=O)(=O)c2ccccc2)c1C. The molecule has 7 heteroatoms. The Morgan fingerprint density at radius 1 is 0.931 bits per heavy atom. The van der Waals surface area contributed by atoms with Gasteiger partial charge in [0.15, 0.2) is 0 Å². The lowest BCUT2D eigenvalue weighted by Gasteiger charge is -2.24. The molecule has 3 rings (SSSR count). The summed E-state index contributed by atoms with van der Waals surface area (Å²) in [6.07, 6.45) is 0. The van der Waals surface area contributed by atoms with Gasteiger partial charge in [-0.3, -0.25) is 9.10 Å². The van der Waals surface area contributed by atoms with Crippen LogP contribution in [0.4, 0.5) is 11.4 Å². The molecule has 0 aliphatic heterocycles. The van der Waals surface area contributed by atoms with Crippen molar-refractivity contribution in [1.82, 2.24) is 0 Å². The van der Waals surface area contributed by atoms with E-state index in [4.69, 9.17) is 0 Å². The van der Waals surface area contributed by atoms with Gasteiger partial charge in [-0.15, -0.1) is 0 Å². The molecule has 0 aliphatic rings. The van der Waals surface area contributed by atoms with Gasteiger partial charge in [0.25, 0.3) is 10.0 Å². The maximum absolute atomic E-state index is 13.3. The fourth-order valence-corrected chi connectivity index (χ4v) is 4.56. The van der Waals surface area contributed by atoms with Gasteiger partial charge in [0.2, 0.25) is 5.91 Å². The second-order valence-electron chi connectivity index (χ2n) is 6.60. The second-order valence-corrected chi connectivity index (χ2v) is 9.37. The molecule has 5 nitrogen and oxygen atoms in total. The number of amides is 1. The van der Waals surface area contributed by atoms with E-state index < -0.39 is 15.9 Å². The topological polar surface area (TPSA) is 66.5 Å². The van der Waals surface area contributed by atoms with Crippen LogP contribution in [0.15, 0.2) is 82.2 Å². The first kappa shape index (κ1) is 21.1. The number of hydrogen-bond acceptors (Lipinski definition) is 3. The van der Waals surface area contributed by atoms with Crippen LogP contribution in [0.25, 0.3) is 0 Å². The average molecular weight is 473 g/mol. The van der Waals surface area contributed by atoms with Crippen LogP contribution >= 0.6 is 15.9 Å². The van der Waals surface area contributed by atoms with Crippen molar-refractivity contribution in [1.29, 1.82) is 0 Å². The summed E-state index contributed by atoms with van der Waals surface area (Å²) in [5, 5.41) is 2.83. The highest BCUT2D eigenvalue weighted by Gasteiger charge is 2.27. The maximum atomic E-state index is 13.3. The molecule has 0 spiro atoms. The van der Waals surface area contributed by atoms with E-state index in [1.54, 1.807) is 48.5 Å². The minimum absolute atomic E-state index is 0.127. The standard InChI is InChI=1S/C22H21BrN2O3S/c1-16-7-6-10-21(17(16)2)24-22(26)15-25(19-13-11-18(23)12-14-19)29(27,28)20-8-4-3-5-9-20/h3-14H,15H2,1-2H3,(H,24,26). The van der Waals surface area contributed by atoms with Crippen LogP contribution in [0.2, 0.25) is 0 Å². The normalized spacial score (nSPS) is 11.1. The number of sulfonamides is 1. The highest BCUT2D eigenvalue weighted by atomic mass is 79.9. The monoisotopic (exact) mass is 472 g/mol. The molecule has 0 atom stereocenters. The predicted molar refractivity (Wildman–Crippen MR) is 120 cm³/mol. The summed E-state index contributed by atoms with van der Waals surface area (Å²) >= 11 is 3.35. The van der Waals surface area contributed by atoms with E-state index in [-0.39, 0.29) is 11.4 Å². The molecular formula is C22H21BrN2O3S. The summed E-state index contributed by atoms with van der Waals surface area (Å²) in [4.78, 5) is 12.9. The first-order valence-electron chi connectivity index (χ1n) is 8.98. The van der Waals surface area contributed by atoms with E-state index in [0.717, 1.165) is 19.9 Å². The molecule has 0 unspecified atom stereocenters. The number of nitrogens with one attached hydrogen (secondary N) is 1. The number of aryl methyl sites for hydroxylation is 1. The van der Waals surface area contributed by atoms with Crippen LogP contribution in [-0.4, -0.2) is 20.9 Å². The van der Waals surface area contributed by atoms with Crippen LogP contribution in [-0.2, 0) is 14.8 Å². The summed E-state index contributed by atoms with van der Waals surface area (Å²) in [5.41, 5.74) is 3.07. The minimum atomic E-state index is -3.92. The van der Waals surface area contributed by atoms with Crippen molar-refractivity contribution in [2.45, 2.75) is 18.7 Å². The lowest BCUT2D eigenvalue weighted by molar-refractivity contribution is -0.114. The van der Waals surface area contributed by atoms with E-state index in [1.165, 1.54) is 12.1 Å². The lowest BCUT2D eigenvalue weighted by Crippen LogP contribution is -2.38. The van der Waals surface area contributed by atoms with Gasteiger partial charge < -0.3 is 5.32 Å². The smallest absolute Gasteiger partial charge is 0.264 e. The molecule has 1 N–H and O–H groups in total. The third-order valence-corrected chi connectivity index (χ3v) is 6.93. The number of nitrogens with zero attached hydrogens (tertiary/aromatic N) is 1. The van der Waals surface area contributed by atoms with Crippen LogP contribution in [0.5, 0.6) is 0 Å². The minimum Gasteiger partial charge on any atom is -0.324 e. The molecule has 0 saturated carbocycles. The van der Waals surface area contributed by atoms with Gasteiger partial charge in [0.1, 0.15) is 6.54 Å². The Kier molecular flexibility index (Phi) is 6.39. The Labute approximate surface area is 179 Å². The summed E-state index contributed by atoms with van der Waals surface area (Å²) in [6.45, 7) is 3.53. The first-order chi connectivity index (χ1) is 13.8. The van der Waals surface area contributed by atoms with Crippen LogP contribution in [0.3, 0.4) is 0 Å². The summed E-state index contributed by atoms with van der Waals surface area (Å²) in [5.74, 6) is -0.416. The van der Waals surface area contributed by atoms with Crippen molar-refractivity contribution in [3.05, 3.63) is 88.4 Å². The number of carbonyl (C=O) groups is 1. The van der Waals surface area contributed by atoms with Gasteiger partial charge in [-0.05, 0) is 67.4 Å². The quantitative estimate of drug-likeness (QED) is 0.554. The fourth-order valence-electron chi connectivity index (χ4n) is 2.85. The van der Waals surface area contributed by atoms with Crippen molar-refractivity contribution in [3.8, 4) is 0 Å². The molecule has 3 aromatic rings. The van der Waals surface area contributed by atoms with Gasteiger partial charge >= 0.3 is 0 Å². The van der Waals surface area contributed by atoms with Crippen molar-refractivity contribution >= 4 is 43.2 Å². The summed E-state index contributed by atoms with van der Waals surface area (Å²) in [6, 6.07) is 20.5. The summed E-state index contributed by atoms with van der Waals surface area (Å²) < 4.78 is 28.5. The highest BCUT2D eigenvalue weighted by molar-refractivity contribution is 9.10. The van der Waals surface area contributed by atoms with E-state index in [2.05, 4.69) is 21.2 Å². The Balaban J connectivity index is 1.94. The van der Waals surface area contributed by atoms with E-state index in [9.17, 15) is 13.2 Å². The molecule has 150 valence electrons. The number of halogens is 1. The number of hydrogen-bond donors (Lipinski definition) is 1. The van der Waals surface area contributed by atoms with Crippen molar-refractivity contribution in [2.75, 3.05) is 16.2 Å². The lowest BCUT2D eigenvalue weighted by atomic mass is 10.1. The Bertz CT molecular complexity index is 1110. The number of anilines is 2. The zero-order valence-corrected chi connectivity index (χ0v) is 18.5. The predicted octanol–water partition coefficient (Wildman–Crippen LogP) is 4.90. The molecule has 3 aromatic carbocycles. The molecule has 29 heavy (non-hydrogen) atoms. The zero-order valence-electron chi connectivity index (χ0n) is 16.1. The zero-order chi connectivity index (χ0) is 21.0. The van der Waals surface area contributed by atoms with Crippen molar-refractivity contribution < 1.29 is 13.2 Å². The molecule has 0 fully saturated rings. The van der Waals surface area contributed by atoms with E-state index in [0.29, 0.717) is 11.4 Å². The van der Waals surface area contributed by atoms with Gasteiger partial charge in [-0.25, -0.2) is 8.42 Å². The van der Waals surface area contributed by atoms with Gasteiger partial charge in [-0.1, -0.05) is 46.3 Å². The van der Waals surface area contributed by atoms with Crippen LogP contribution in [0.1, 0.15) is 11.1 Å². The molecule has 0 aliphatic carbocycles. The maximum Gasteiger partial charge on any atom is 0.264 e. The van der Waals surface area contributed by atoms with Crippen LogP contribution in [0, 0.1) is 13.8 Å². The van der Waals surface area contributed by atoms with Gasteiger partial charge in [0.05, 0.1) is 10.6 Å². The van der Waals surface area contributed by atoms with Crippen molar-refractivity contribution in [2.24, 2.45) is 0 Å². The highest BCUT2D eigenvalue weighted by Crippen LogP contribution is 2.26. The van der Waals surface area contributed by atoms with Crippen molar-refractivity contribution in [3.63, 3.8) is 0 Å². The molecule has 0 radical (unpaired) electrons. The molecular weight excluding hydrogens is 452 g/mol. The Morgan fingerprint density at radius 2 is 1.59 bits per heavy atom. The molecule has 0 bridgehead atoms. The molecule has 1 amide bonds. The molecule has 0 saturated heterocycles. The largest absolute Gasteiger partial charge is 0.324 e. The molecule has 0 heterocycles.